The summed E-state index contributed by atoms with van der Waals surface area (Å²) in [5, 5.41) is 3.54. The number of hydrogen-bond acceptors (Lipinski definition) is 6. The fraction of sp³-hybridized carbons (Fsp3) is 0.273. The number of rotatable bonds is 5. The maximum absolute atomic E-state index is 12.0. The normalized spacial score (nSPS) is 12.9. The van der Waals surface area contributed by atoms with Crippen LogP contribution in [0.1, 0.15) is 18.1 Å². The van der Waals surface area contributed by atoms with Gasteiger partial charge in [0, 0.05) is 43.2 Å². The molecule has 1 aliphatic rings. The fourth-order valence-electron chi connectivity index (χ4n) is 3.49. The summed E-state index contributed by atoms with van der Waals surface area (Å²) >= 11 is 0. The van der Waals surface area contributed by atoms with Gasteiger partial charge in [0.25, 0.3) is 0 Å². The topological polar surface area (TPSA) is 81.0 Å². The van der Waals surface area contributed by atoms with Crippen LogP contribution in [0.25, 0.3) is 11.0 Å². The van der Waals surface area contributed by atoms with Crippen LogP contribution in [0.15, 0.2) is 51.7 Å². The van der Waals surface area contributed by atoms with Gasteiger partial charge in [-0.15, -0.1) is 0 Å². The van der Waals surface area contributed by atoms with Crippen molar-refractivity contribution in [3.05, 3.63) is 64.0 Å². The average molecular weight is 394 g/mol. The minimum Gasteiger partial charge on any atom is -0.486 e. The van der Waals surface area contributed by atoms with Crippen LogP contribution in [-0.4, -0.2) is 31.1 Å². The van der Waals surface area contributed by atoms with Gasteiger partial charge < -0.3 is 19.2 Å². The van der Waals surface area contributed by atoms with Gasteiger partial charge in [0.1, 0.15) is 18.8 Å². The number of nitrogens with zero attached hydrogens (tertiary/aromatic N) is 1. The largest absolute Gasteiger partial charge is 0.486 e. The van der Waals surface area contributed by atoms with Crippen LogP contribution < -0.4 is 20.4 Å². The summed E-state index contributed by atoms with van der Waals surface area (Å²) in [5.41, 5.74) is 2.59. The molecule has 2 aromatic carbocycles. The van der Waals surface area contributed by atoms with Crippen molar-refractivity contribution >= 4 is 22.6 Å². The van der Waals surface area contributed by atoms with Gasteiger partial charge in [-0.2, -0.15) is 0 Å². The molecule has 2 heterocycles. The highest BCUT2D eigenvalue weighted by atomic mass is 16.6. The number of amides is 1. The standard InChI is InChI=1S/C22H22N2O5/c1-14(25)23-17-4-5-18-16(10-22(26)29-20(18)11-17)13-24(2)12-15-3-6-19-21(9-15)28-8-7-27-19/h3-6,9-11H,7-8,12-13H2,1-2H3,(H,23,25). The zero-order valence-electron chi connectivity index (χ0n) is 16.4. The van der Waals surface area contributed by atoms with Gasteiger partial charge in [-0.25, -0.2) is 4.79 Å². The Hall–Kier alpha value is -3.32. The molecule has 0 aliphatic carbocycles. The molecule has 0 saturated heterocycles. The molecule has 7 heteroatoms. The number of carbonyl (C=O) groups is 1. The van der Waals surface area contributed by atoms with E-state index in [1.807, 2.05) is 31.3 Å². The van der Waals surface area contributed by atoms with E-state index < -0.39 is 5.63 Å². The molecule has 29 heavy (non-hydrogen) atoms. The van der Waals surface area contributed by atoms with Crippen LogP contribution in [0.3, 0.4) is 0 Å². The van der Waals surface area contributed by atoms with Gasteiger partial charge >= 0.3 is 5.63 Å². The molecule has 7 nitrogen and oxygen atoms in total. The average Bonchev–Trinajstić information content (AvgIpc) is 2.67. The predicted molar refractivity (Wildman–Crippen MR) is 109 cm³/mol. The lowest BCUT2D eigenvalue weighted by Crippen LogP contribution is -2.19. The van der Waals surface area contributed by atoms with E-state index in [2.05, 4.69) is 10.2 Å². The second-order valence-corrected chi connectivity index (χ2v) is 7.13. The minimum absolute atomic E-state index is 0.179. The molecule has 0 saturated carbocycles. The Morgan fingerprint density at radius 3 is 2.62 bits per heavy atom. The Morgan fingerprint density at radius 1 is 1.03 bits per heavy atom. The van der Waals surface area contributed by atoms with Crippen molar-refractivity contribution in [1.82, 2.24) is 4.90 Å². The lowest BCUT2D eigenvalue weighted by molar-refractivity contribution is -0.114. The molecule has 0 unspecified atom stereocenters. The molecular weight excluding hydrogens is 372 g/mol. The first-order valence-electron chi connectivity index (χ1n) is 9.39. The van der Waals surface area contributed by atoms with Crippen LogP contribution >= 0.6 is 0 Å². The highest BCUT2D eigenvalue weighted by Crippen LogP contribution is 2.31. The monoisotopic (exact) mass is 394 g/mol. The summed E-state index contributed by atoms with van der Waals surface area (Å²) in [5.74, 6) is 1.35. The SMILES string of the molecule is CC(=O)Nc1ccc2c(CN(C)Cc3ccc4c(c3)OCCO4)cc(=O)oc2c1. The molecule has 0 atom stereocenters. The number of fused-ring (bicyclic) bond motifs is 2. The third-order valence-corrected chi connectivity index (χ3v) is 4.65. The van der Waals surface area contributed by atoms with E-state index in [-0.39, 0.29) is 5.91 Å². The Balaban J connectivity index is 1.55. The van der Waals surface area contributed by atoms with Gasteiger partial charge in [-0.05, 0) is 42.4 Å². The molecular formula is C22H22N2O5. The first-order valence-corrected chi connectivity index (χ1v) is 9.39. The Kier molecular flexibility index (Phi) is 5.22. The maximum Gasteiger partial charge on any atom is 0.336 e. The second kappa shape index (κ2) is 7.97. The van der Waals surface area contributed by atoms with Crippen molar-refractivity contribution in [3.8, 4) is 11.5 Å². The van der Waals surface area contributed by atoms with E-state index in [9.17, 15) is 9.59 Å². The Labute approximate surface area is 167 Å². The van der Waals surface area contributed by atoms with E-state index in [4.69, 9.17) is 13.9 Å². The van der Waals surface area contributed by atoms with Crippen molar-refractivity contribution in [2.75, 3.05) is 25.6 Å². The quantitative estimate of drug-likeness (QED) is 0.670. The van der Waals surface area contributed by atoms with E-state index in [1.54, 1.807) is 12.1 Å². The first kappa shape index (κ1) is 19.0. The number of hydrogen-bond donors (Lipinski definition) is 1. The van der Waals surface area contributed by atoms with Gasteiger partial charge in [-0.1, -0.05) is 6.07 Å². The molecule has 1 aliphatic heterocycles. The Morgan fingerprint density at radius 2 is 1.83 bits per heavy atom. The molecule has 3 aromatic rings. The highest BCUT2D eigenvalue weighted by molar-refractivity contribution is 5.92. The van der Waals surface area contributed by atoms with E-state index in [0.29, 0.717) is 37.6 Å². The van der Waals surface area contributed by atoms with Crippen LogP contribution in [-0.2, 0) is 17.9 Å². The summed E-state index contributed by atoms with van der Waals surface area (Å²) in [7, 11) is 1.99. The summed E-state index contributed by atoms with van der Waals surface area (Å²) in [4.78, 5) is 25.4. The van der Waals surface area contributed by atoms with Gasteiger partial charge in [0.15, 0.2) is 11.5 Å². The Bertz CT molecular complexity index is 1120. The van der Waals surface area contributed by atoms with Crippen molar-refractivity contribution in [2.24, 2.45) is 0 Å². The zero-order valence-corrected chi connectivity index (χ0v) is 16.4. The number of nitrogens with one attached hydrogen (secondary N) is 1. The van der Waals surface area contributed by atoms with Crippen LogP contribution in [0, 0.1) is 0 Å². The minimum atomic E-state index is -0.416. The van der Waals surface area contributed by atoms with Crippen molar-refractivity contribution in [1.29, 1.82) is 0 Å². The predicted octanol–water partition coefficient (Wildman–Crippen LogP) is 3.15. The lowest BCUT2D eigenvalue weighted by Gasteiger charge is -2.21. The lowest BCUT2D eigenvalue weighted by atomic mass is 10.1. The molecule has 1 N–H and O–H groups in total. The van der Waals surface area contributed by atoms with Crippen molar-refractivity contribution in [2.45, 2.75) is 20.0 Å². The van der Waals surface area contributed by atoms with Crippen molar-refractivity contribution in [3.63, 3.8) is 0 Å². The van der Waals surface area contributed by atoms with Crippen LogP contribution in [0.4, 0.5) is 5.69 Å². The molecule has 4 rings (SSSR count). The van der Waals surface area contributed by atoms with E-state index in [1.165, 1.54) is 13.0 Å². The highest BCUT2D eigenvalue weighted by Gasteiger charge is 2.14. The number of carbonyl (C=O) groups excluding carboxylic acids is 1. The first-order chi connectivity index (χ1) is 14.0. The van der Waals surface area contributed by atoms with Gasteiger partial charge in [-0.3, -0.25) is 9.69 Å². The fourth-order valence-corrected chi connectivity index (χ4v) is 3.49. The molecule has 1 amide bonds. The van der Waals surface area contributed by atoms with Crippen molar-refractivity contribution < 1.29 is 18.7 Å². The summed E-state index contributed by atoms with van der Waals surface area (Å²) in [6, 6.07) is 12.8. The third-order valence-electron chi connectivity index (χ3n) is 4.65. The third kappa shape index (κ3) is 4.41. The van der Waals surface area contributed by atoms with Gasteiger partial charge in [0.2, 0.25) is 5.91 Å². The second-order valence-electron chi connectivity index (χ2n) is 7.13. The number of ether oxygens (including phenoxy) is 2. The zero-order chi connectivity index (χ0) is 20.4. The smallest absolute Gasteiger partial charge is 0.336 e. The van der Waals surface area contributed by atoms with Gasteiger partial charge in [0.05, 0.1) is 0 Å². The molecule has 0 spiro atoms. The molecule has 150 valence electrons. The summed E-state index contributed by atoms with van der Waals surface area (Å²) < 4.78 is 16.5. The maximum atomic E-state index is 12.0. The number of benzene rings is 2. The van der Waals surface area contributed by atoms with E-state index >= 15 is 0 Å². The van der Waals surface area contributed by atoms with Crippen LogP contribution in [0.5, 0.6) is 11.5 Å². The van der Waals surface area contributed by atoms with E-state index in [0.717, 1.165) is 28.0 Å². The van der Waals surface area contributed by atoms with Crippen LogP contribution in [0.2, 0.25) is 0 Å². The summed E-state index contributed by atoms with van der Waals surface area (Å²) in [6.07, 6.45) is 0. The summed E-state index contributed by atoms with van der Waals surface area (Å²) in [6.45, 7) is 3.81. The molecule has 0 fully saturated rings. The number of anilines is 1. The molecule has 0 bridgehead atoms. The molecule has 0 radical (unpaired) electrons. The molecule has 1 aromatic heterocycles.